The number of hydrogen-bond donors (Lipinski definition) is 1. The molecule has 2 aromatic heterocycles. The van der Waals surface area contributed by atoms with Crippen molar-refractivity contribution in [1.29, 1.82) is 0 Å². The topological polar surface area (TPSA) is 67.8 Å². The van der Waals surface area contributed by atoms with Crippen LogP contribution in [0.25, 0.3) is 10.6 Å². The zero-order valence-corrected chi connectivity index (χ0v) is 14.2. The van der Waals surface area contributed by atoms with Crippen LogP contribution in [0.1, 0.15) is 34.3 Å². The van der Waals surface area contributed by atoms with Gasteiger partial charge in [0.2, 0.25) is 5.13 Å². The van der Waals surface area contributed by atoms with Gasteiger partial charge in [-0.1, -0.05) is 35.1 Å². The van der Waals surface area contributed by atoms with Gasteiger partial charge in [-0.15, -0.1) is 21.5 Å². The summed E-state index contributed by atoms with van der Waals surface area (Å²) < 4.78 is 0. The van der Waals surface area contributed by atoms with Crippen LogP contribution < -0.4 is 5.32 Å². The Balaban J connectivity index is 1.48. The summed E-state index contributed by atoms with van der Waals surface area (Å²) in [5.74, 6) is 0.272. The van der Waals surface area contributed by atoms with Crippen molar-refractivity contribution in [2.24, 2.45) is 0 Å². The number of aromatic nitrogens is 3. The summed E-state index contributed by atoms with van der Waals surface area (Å²) in [5.41, 5.74) is 1.31. The molecule has 1 fully saturated rings. The fourth-order valence-corrected chi connectivity index (χ4v) is 3.88. The SMILES string of the molecule is O=C(Nc1nnc(C2CC2)s1)c1csc(-c2ccc(Cl)cc2)n1. The van der Waals surface area contributed by atoms with Crippen LogP contribution in [0.3, 0.4) is 0 Å². The van der Waals surface area contributed by atoms with Crippen LogP contribution in [0.15, 0.2) is 29.6 Å². The molecule has 23 heavy (non-hydrogen) atoms. The van der Waals surface area contributed by atoms with E-state index >= 15 is 0 Å². The lowest BCUT2D eigenvalue weighted by molar-refractivity contribution is 0.102. The van der Waals surface area contributed by atoms with Crippen molar-refractivity contribution in [1.82, 2.24) is 15.2 Å². The van der Waals surface area contributed by atoms with Crippen molar-refractivity contribution in [3.63, 3.8) is 0 Å². The number of carbonyl (C=O) groups is 1. The Labute approximate surface area is 145 Å². The number of anilines is 1. The molecule has 1 saturated carbocycles. The minimum Gasteiger partial charge on any atom is -0.295 e. The van der Waals surface area contributed by atoms with Gasteiger partial charge in [0, 0.05) is 21.9 Å². The van der Waals surface area contributed by atoms with Gasteiger partial charge in [-0.05, 0) is 25.0 Å². The van der Waals surface area contributed by atoms with Gasteiger partial charge in [-0.25, -0.2) is 4.98 Å². The molecule has 0 spiro atoms. The summed E-state index contributed by atoms with van der Waals surface area (Å²) in [6, 6.07) is 7.38. The second-order valence-corrected chi connectivity index (χ2v) is 7.52. The first kappa shape index (κ1) is 14.7. The van der Waals surface area contributed by atoms with Crippen LogP contribution in [0, 0.1) is 0 Å². The van der Waals surface area contributed by atoms with Gasteiger partial charge in [0.05, 0.1) is 0 Å². The molecule has 5 nitrogen and oxygen atoms in total. The average Bonchev–Trinajstić information content (AvgIpc) is 3.10. The number of amides is 1. The molecule has 4 rings (SSSR count). The van der Waals surface area contributed by atoms with Crippen LogP contribution in [0.5, 0.6) is 0 Å². The highest BCUT2D eigenvalue weighted by molar-refractivity contribution is 7.15. The van der Waals surface area contributed by atoms with Crippen molar-refractivity contribution in [2.45, 2.75) is 18.8 Å². The molecule has 1 aliphatic carbocycles. The lowest BCUT2D eigenvalue weighted by Gasteiger charge is -1.97. The van der Waals surface area contributed by atoms with Gasteiger partial charge in [-0.3, -0.25) is 10.1 Å². The van der Waals surface area contributed by atoms with Gasteiger partial charge in [0.1, 0.15) is 15.7 Å². The predicted molar refractivity (Wildman–Crippen MR) is 92.4 cm³/mol. The Morgan fingerprint density at radius 2 is 2.00 bits per heavy atom. The van der Waals surface area contributed by atoms with Crippen molar-refractivity contribution in [3.05, 3.63) is 45.4 Å². The third-order valence-electron chi connectivity index (χ3n) is 3.42. The Bertz CT molecular complexity index is 855. The van der Waals surface area contributed by atoms with E-state index in [-0.39, 0.29) is 5.91 Å². The summed E-state index contributed by atoms with van der Waals surface area (Å²) in [6.07, 6.45) is 2.33. The maximum Gasteiger partial charge on any atom is 0.276 e. The molecule has 1 N–H and O–H groups in total. The number of nitrogens with one attached hydrogen (secondary N) is 1. The fraction of sp³-hybridized carbons (Fsp3) is 0.200. The molecule has 1 aromatic carbocycles. The first-order chi connectivity index (χ1) is 11.2. The fourth-order valence-electron chi connectivity index (χ4n) is 2.04. The zero-order valence-electron chi connectivity index (χ0n) is 11.8. The maximum absolute atomic E-state index is 12.3. The molecule has 116 valence electrons. The molecule has 0 aliphatic heterocycles. The van der Waals surface area contributed by atoms with E-state index in [0.29, 0.717) is 21.8 Å². The molecule has 1 amide bonds. The van der Waals surface area contributed by atoms with E-state index in [9.17, 15) is 4.79 Å². The monoisotopic (exact) mass is 362 g/mol. The number of benzene rings is 1. The molecule has 1 aliphatic rings. The highest BCUT2D eigenvalue weighted by Crippen LogP contribution is 2.42. The summed E-state index contributed by atoms with van der Waals surface area (Å²) in [7, 11) is 0. The van der Waals surface area contributed by atoms with E-state index in [2.05, 4.69) is 20.5 Å². The van der Waals surface area contributed by atoms with Gasteiger partial charge >= 0.3 is 0 Å². The number of rotatable bonds is 4. The Morgan fingerprint density at radius 3 is 2.74 bits per heavy atom. The van der Waals surface area contributed by atoms with E-state index in [1.807, 2.05) is 12.1 Å². The van der Waals surface area contributed by atoms with Gasteiger partial charge < -0.3 is 0 Å². The minimum absolute atomic E-state index is 0.264. The standard InChI is InChI=1S/C15H11ClN4OS2/c16-10-5-3-8(4-6-10)13-17-11(7-22-13)12(21)18-15-20-19-14(23-15)9-1-2-9/h3-7,9H,1-2H2,(H,18,20,21). The molecule has 2 heterocycles. The summed E-state index contributed by atoms with van der Waals surface area (Å²) >= 11 is 8.74. The van der Waals surface area contributed by atoms with Gasteiger partial charge in [-0.2, -0.15) is 0 Å². The van der Waals surface area contributed by atoms with Crippen LogP contribution in [-0.4, -0.2) is 21.1 Å². The molecular formula is C15H11ClN4OS2. The van der Waals surface area contributed by atoms with E-state index in [1.54, 1.807) is 17.5 Å². The lowest BCUT2D eigenvalue weighted by atomic mass is 10.2. The molecule has 0 atom stereocenters. The van der Waals surface area contributed by atoms with Crippen molar-refractivity contribution < 1.29 is 4.79 Å². The van der Waals surface area contributed by atoms with E-state index in [0.717, 1.165) is 15.6 Å². The van der Waals surface area contributed by atoms with Crippen LogP contribution >= 0.6 is 34.3 Å². The first-order valence-electron chi connectivity index (χ1n) is 7.05. The number of hydrogen-bond acceptors (Lipinski definition) is 6. The number of halogens is 1. The smallest absolute Gasteiger partial charge is 0.276 e. The van der Waals surface area contributed by atoms with Crippen LogP contribution in [0.4, 0.5) is 5.13 Å². The lowest BCUT2D eigenvalue weighted by Crippen LogP contribution is -2.12. The molecular weight excluding hydrogens is 352 g/mol. The molecule has 8 heteroatoms. The molecule has 0 radical (unpaired) electrons. The molecule has 0 saturated heterocycles. The Kier molecular flexibility index (Phi) is 3.84. The second kappa shape index (κ2) is 5.99. The van der Waals surface area contributed by atoms with Crippen molar-refractivity contribution in [3.8, 4) is 10.6 Å². The molecule has 0 bridgehead atoms. The predicted octanol–water partition coefficient (Wildman–Crippen LogP) is 4.44. The minimum atomic E-state index is -0.264. The van der Waals surface area contributed by atoms with Crippen LogP contribution in [-0.2, 0) is 0 Å². The number of carbonyl (C=O) groups excluding carboxylic acids is 1. The molecule has 3 aromatic rings. The van der Waals surface area contributed by atoms with E-state index in [1.165, 1.54) is 35.5 Å². The highest BCUT2D eigenvalue weighted by Gasteiger charge is 2.28. The third kappa shape index (κ3) is 3.26. The van der Waals surface area contributed by atoms with E-state index in [4.69, 9.17) is 11.6 Å². The zero-order chi connectivity index (χ0) is 15.8. The number of nitrogens with zero attached hydrogens (tertiary/aromatic N) is 3. The van der Waals surface area contributed by atoms with Gasteiger partial charge in [0.15, 0.2) is 0 Å². The summed E-state index contributed by atoms with van der Waals surface area (Å²) in [6.45, 7) is 0. The van der Waals surface area contributed by atoms with E-state index < -0.39 is 0 Å². The average molecular weight is 363 g/mol. The second-order valence-electron chi connectivity index (χ2n) is 5.22. The Morgan fingerprint density at radius 1 is 1.22 bits per heavy atom. The first-order valence-corrected chi connectivity index (χ1v) is 9.12. The van der Waals surface area contributed by atoms with Gasteiger partial charge in [0.25, 0.3) is 5.91 Å². The number of thiazole rings is 1. The van der Waals surface area contributed by atoms with Crippen molar-refractivity contribution in [2.75, 3.05) is 5.32 Å². The normalized spacial score (nSPS) is 14.0. The summed E-state index contributed by atoms with van der Waals surface area (Å²) in [4.78, 5) is 16.6. The molecule has 0 unspecified atom stereocenters. The Hall–Kier alpha value is -1.83. The highest BCUT2D eigenvalue weighted by atomic mass is 35.5. The quantitative estimate of drug-likeness (QED) is 0.744. The maximum atomic E-state index is 12.3. The van der Waals surface area contributed by atoms with Crippen molar-refractivity contribution >= 4 is 45.3 Å². The third-order valence-corrected chi connectivity index (χ3v) is 5.56. The summed E-state index contributed by atoms with van der Waals surface area (Å²) in [5, 5.41) is 15.6. The van der Waals surface area contributed by atoms with Crippen LogP contribution in [0.2, 0.25) is 5.02 Å². The largest absolute Gasteiger partial charge is 0.295 e.